The van der Waals surface area contributed by atoms with Crippen molar-refractivity contribution < 1.29 is 4.74 Å². The minimum Gasteiger partial charge on any atom is -0.491 e. The van der Waals surface area contributed by atoms with Gasteiger partial charge >= 0.3 is 0 Å². The quantitative estimate of drug-likeness (QED) is 0.602. The van der Waals surface area contributed by atoms with Crippen molar-refractivity contribution in [1.82, 2.24) is 4.90 Å². The molecule has 1 aromatic rings. The van der Waals surface area contributed by atoms with Gasteiger partial charge in [0.2, 0.25) is 0 Å². The van der Waals surface area contributed by atoms with Crippen LogP contribution in [0.1, 0.15) is 19.8 Å². The van der Waals surface area contributed by atoms with Crippen LogP contribution in [0.15, 0.2) is 18.2 Å². The summed E-state index contributed by atoms with van der Waals surface area (Å²) in [5, 5.41) is 0.637. The van der Waals surface area contributed by atoms with Gasteiger partial charge in [-0.05, 0) is 44.6 Å². The first-order valence-electron chi connectivity index (χ1n) is 6.00. The molecule has 0 aromatic heterocycles. The summed E-state index contributed by atoms with van der Waals surface area (Å²) < 4.78 is 5.61. The van der Waals surface area contributed by atoms with E-state index in [0.29, 0.717) is 23.1 Å². The minimum atomic E-state index is 0.597. The first-order chi connectivity index (χ1) is 8.13. The number of rotatable bonds is 7. The third-order valence-electron chi connectivity index (χ3n) is 2.52. The Morgan fingerprint density at radius 3 is 2.76 bits per heavy atom. The summed E-state index contributed by atoms with van der Waals surface area (Å²) in [5.74, 6) is 0.715. The van der Waals surface area contributed by atoms with Crippen molar-refractivity contribution in [3.8, 4) is 5.75 Å². The number of hydrogen-bond donors (Lipinski definition) is 1. The van der Waals surface area contributed by atoms with Crippen LogP contribution in [0, 0.1) is 0 Å². The van der Waals surface area contributed by atoms with E-state index in [-0.39, 0.29) is 0 Å². The monoisotopic (exact) mass is 256 g/mol. The predicted octanol–water partition coefficient (Wildman–Crippen LogP) is 3.03. The number of nitrogens with two attached hydrogens (primary N) is 1. The van der Waals surface area contributed by atoms with Gasteiger partial charge in [-0.1, -0.05) is 18.5 Å². The number of ether oxygens (including phenoxy) is 1. The van der Waals surface area contributed by atoms with Gasteiger partial charge in [-0.2, -0.15) is 0 Å². The minimum absolute atomic E-state index is 0.597. The summed E-state index contributed by atoms with van der Waals surface area (Å²) in [6.45, 7) is 5.03. The standard InChI is InChI=1S/C13H21ClN2O/c1-3-7-16(2)8-4-9-17-13-6-5-11(14)10-12(13)15/h5-6,10H,3-4,7-9,15H2,1-2H3. The van der Waals surface area contributed by atoms with Crippen LogP contribution in [0.2, 0.25) is 5.02 Å². The summed E-state index contributed by atoms with van der Waals surface area (Å²) in [4.78, 5) is 2.30. The third kappa shape index (κ3) is 5.29. The van der Waals surface area contributed by atoms with Crippen LogP contribution in [0.25, 0.3) is 0 Å². The van der Waals surface area contributed by atoms with Crippen molar-refractivity contribution in [3.05, 3.63) is 23.2 Å². The van der Waals surface area contributed by atoms with Crippen LogP contribution < -0.4 is 10.5 Å². The molecule has 0 aliphatic carbocycles. The molecule has 0 radical (unpaired) electrons. The van der Waals surface area contributed by atoms with Crippen LogP contribution >= 0.6 is 11.6 Å². The molecule has 2 N–H and O–H groups in total. The fourth-order valence-corrected chi connectivity index (χ4v) is 1.84. The van der Waals surface area contributed by atoms with Crippen molar-refractivity contribution in [1.29, 1.82) is 0 Å². The fraction of sp³-hybridized carbons (Fsp3) is 0.538. The second-order valence-corrected chi connectivity index (χ2v) is 4.62. The van der Waals surface area contributed by atoms with E-state index in [4.69, 9.17) is 22.1 Å². The number of benzene rings is 1. The molecule has 0 atom stereocenters. The maximum Gasteiger partial charge on any atom is 0.142 e. The zero-order valence-electron chi connectivity index (χ0n) is 10.6. The van der Waals surface area contributed by atoms with Gasteiger partial charge in [0.05, 0.1) is 12.3 Å². The van der Waals surface area contributed by atoms with Crippen LogP contribution in [-0.4, -0.2) is 31.6 Å². The van der Waals surface area contributed by atoms with Crippen LogP contribution in [0.4, 0.5) is 5.69 Å². The Bertz CT molecular complexity index is 344. The van der Waals surface area contributed by atoms with Crippen LogP contribution in [-0.2, 0) is 0 Å². The number of halogens is 1. The molecule has 0 aliphatic rings. The Morgan fingerprint density at radius 2 is 2.12 bits per heavy atom. The number of nitrogen functional groups attached to an aromatic ring is 1. The largest absolute Gasteiger partial charge is 0.491 e. The van der Waals surface area contributed by atoms with Crippen molar-refractivity contribution >= 4 is 17.3 Å². The molecule has 0 fully saturated rings. The topological polar surface area (TPSA) is 38.5 Å². The number of hydrogen-bond acceptors (Lipinski definition) is 3. The Kier molecular flexibility index (Phi) is 6.16. The van der Waals surface area contributed by atoms with E-state index in [1.165, 1.54) is 6.42 Å². The molecule has 1 aromatic carbocycles. The summed E-state index contributed by atoms with van der Waals surface area (Å²) >= 11 is 5.81. The molecule has 17 heavy (non-hydrogen) atoms. The van der Waals surface area contributed by atoms with Gasteiger partial charge in [-0.15, -0.1) is 0 Å². The van der Waals surface area contributed by atoms with Gasteiger partial charge in [0, 0.05) is 11.6 Å². The van der Waals surface area contributed by atoms with Gasteiger partial charge in [-0.25, -0.2) is 0 Å². The van der Waals surface area contributed by atoms with Crippen molar-refractivity contribution in [3.63, 3.8) is 0 Å². The Hall–Kier alpha value is -0.930. The zero-order valence-corrected chi connectivity index (χ0v) is 11.3. The highest BCUT2D eigenvalue weighted by Crippen LogP contribution is 2.24. The average Bonchev–Trinajstić information content (AvgIpc) is 2.27. The molecule has 4 heteroatoms. The number of nitrogens with zero attached hydrogens (tertiary/aromatic N) is 1. The third-order valence-corrected chi connectivity index (χ3v) is 2.75. The summed E-state index contributed by atoms with van der Waals surface area (Å²) in [7, 11) is 2.13. The molecule has 0 saturated heterocycles. The van der Waals surface area contributed by atoms with E-state index in [9.17, 15) is 0 Å². The Labute approximate surface area is 109 Å². The summed E-state index contributed by atoms with van der Waals surface area (Å²) in [6.07, 6.45) is 2.18. The molecule has 0 aliphatic heterocycles. The van der Waals surface area contributed by atoms with E-state index in [1.807, 2.05) is 6.07 Å². The maximum absolute atomic E-state index is 5.81. The van der Waals surface area contributed by atoms with Gasteiger partial charge < -0.3 is 15.4 Å². The highest BCUT2D eigenvalue weighted by molar-refractivity contribution is 6.30. The van der Waals surface area contributed by atoms with E-state index < -0.39 is 0 Å². The molecule has 0 unspecified atom stereocenters. The molecule has 96 valence electrons. The summed E-state index contributed by atoms with van der Waals surface area (Å²) in [5.41, 5.74) is 6.39. The van der Waals surface area contributed by atoms with E-state index in [0.717, 1.165) is 19.5 Å². The lowest BCUT2D eigenvalue weighted by Crippen LogP contribution is -2.21. The predicted molar refractivity (Wildman–Crippen MR) is 73.8 cm³/mol. The average molecular weight is 257 g/mol. The zero-order chi connectivity index (χ0) is 12.7. The van der Waals surface area contributed by atoms with Crippen molar-refractivity contribution in [2.45, 2.75) is 19.8 Å². The molecule has 0 bridgehead atoms. The van der Waals surface area contributed by atoms with E-state index in [2.05, 4.69) is 18.9 Å². The van der Waals surface area contributed by atoms with E-state index in [1.54, 1.807) is 12.1 Å². The van der Waals surface area contributed by atoms with Gasteiger partial charge in [0.1, 0.15) is 5.75 Å². The van der Waals surface area contributed by atoms with Crippen molar-refractivity contribution in [2.24, 2.45) is 0 Å². The van der Waals surface area contributed by atoms with Gasteiger partial charge in [-0.3, -0.25) is 0 Å². The Morgan fingerprint density at radius 1 is 1.35 bits per heavy atom. The molecule has 0 saturated carbocycles. The lowest BCUT2D eigenvalue weighted by molar-refractivity contribution is 0.263. The van der Waals surface area contributed by atoms with Crippen LogP contribution in [0.5, 0.6) is 5.75 Å². The summed E-state index contributed by atoms with van der Waals surface area (Å²) in [6, 6.07) is 5.31. The first-order valence-corrected chi connectivity index (χ1v) is 6.37. The smallest absolute Gasteiger partial charge is 0.142 e. The molecule has 3 nitrogen and oxygen atoms in total. The molecule has 0 amide bonds. The molecular weight excluding hydrogens is 236 g/mol. The van der Waals surface area contributed by atoms with Crippen LogP contribution in [0.3, 0.4) is 0 Å². The lowest BCUT2D eigenvalue weighted by atomic mass is 10.3. The highest BCUT2D eigenvalue weighted by atomic mass is 35.5. The second-order valence-electron chi connectivity index (χ2n) is 4.19. The fourth-order valence-electron chi connectivity index (χ4n) is 1.66. The van der Waals surface area contributed by atoms with E-state index >= 15 is 0 Å². The van der Waals surface area contributed by atoms with Crippen molar-refractivity contribution in [2.75, 3.05) is 32.5 Å². The first kappa shape index (κ1) is 14.1. The Balaban J connectivity index is 2.26. The number of anilines is 1. The normalized spacial score (nSPS) is 10.8. The SMILES string of the molecule is CCCN(C)CCCOc1ccc(Cl)cc1N. The molecule has 0 heterocycles. The second kappa shape index (κ2) is 7.41. The highest BCUT2D eigenvalue weighted by Gasteiger charge is 2.01. The molecule has 1 rings (SSSR count). The lowest BCUT2D eigenvalue weighted by Gasteiger charge is -2.15. The molecular formula is C13H21ClN2O. The van der Waals surface area contributed by atoms with Gasteiger partial charge in [0.25, 0.3) is 0 Å². The van der Waals surface area contributed by atoms with Gasteiger partial charge in [0.15, 0.2) is 0 Å². The maximum atomic E-state index is 5.81. The molecule has 0 spiro atoms.